The molecule has 3 rings (SSSR count). The molecule has 3 aromatic rings. The minimum atomic E-state index is -0.177. The number of carbonyl (C=O) groups excluding carboxylic acids is 1. The Morgan fingerprint density at radius 1 is 1.17 bits per heavy atom. The molecule has 0 unspecified atom stereocenters. The summed E-state index contributed by atoms with van der Waals surface area (Å²) in [6.07, 6.45) is 1.49. The second-order valence-corrected chi connectivity index (χ2v) is 6.28. The van der Waals surface area contributed by atoms with Crippen LogP contribution in [0.25, 0.3) is 0 Å². The number of pyridine rings is 1. The predicted molar refractivity (Wildman–Crippen MR) is 93.0 cm³/mol. The quantitative estimate of drug-likeness (QED) is 0.665. The molecule has 0 aliphatic carbocycles. The Bertz CT molecular complexity index is 821. The number of aromatic nitrogens is 1. The van der Waals surface area contributed by atoms with Crippen LogP contribution in [0.3, 0.4) is 0 Å². The summed E-state index contributed by atoms with van der Waals surface area (Å²) in [5.74, 6) is 0.645. The minimum Gasteiger partial charge on any atom is -0.437 e. The third-order valence-corrected chi connectivity index (χ3v) is 4.24. The average Bonchev–Trinajstić information content (AvgIpc) is 3.06. The zero-order chi connectivity index (χ0) is 16.2. The maximum absolute atomic E-state index is 12.0. The van der Waals surface area contributed by atoms with Gasteiger partial charge in [-0.1, -0.05) is 29.3 Å². The van der Waals surface area contributed by atoms with Gasteiger partial charge in [0.2, 0.25) is 5.88 Å². The maximum Gasteiger partial charge on any atom is 0.265 e. The van der Waals surface area contributed by atoms with Crippen molar-refractivity contribution in [3.63, 3.8) is 0 Å². The number of hydrogen-bond donors (Lipinski definition) is 1. The van der Waals surface area contributed by atoms with Crippen LogP contribution in [-0.2, 0) is 0 Å². The Balaban J connectivity index is 1.73. The van der Waals surface area contributed by atoms with Gasteiger partial charge in [0.15, 0.2) is 0 Å². The first-order chi connectivity index (χ1) is 11.1. The van der Waals surface area contributed by atoms with Crippen molar-refractivity contribution in [2.45, 2.75) is 0 Å². The van der Waals surface area contributed by atoms with Crippen molar-refractivity contribution in [2.24, 2.45) is 0 Å². The average molecular weight is 365 g/mol. The van der Waals surface area contributed by atoms with Crippen LogP contribution in [0.15, 0.2) is 54.0 Å². The Morgan fingerprint density at radius 2 is 2.04 bits per heavy atom. The zero-order valence-electron chi connectivity index (χ0n) is 11.6. The van der Waals surface area contributed by atoms with Crippen molar-refractivity contribution >= 4 is 46.1 Å². The van der Waals surface area contributed by atoms with Crippen molar-refractivity contribution in [1.82, 2.24) is 4.98 Å². The first kappa shape index (κ1) is 15.8. The number of anilines is 1. The standard InChI is InChI=1S/C16H10Cl2N2O2S/c17-10-3-6-15(19-9-10)22-13-5-4-11(8-12(13)18)20-16(21)14-2-1-7-23-14/h1-9H,(H,20,21). The number of carbonyl (C=O) groups is 1. The van der Waals surface area contributed by atoms with Gasteiger partial charge in [-0.2, -0.15) is 0 Å². The van der Waals surface area contributed by atoms with E-state index < -0.39 is 0 Å². The molecule has 2 aromatic heterocycles. The molecule has 0 saturated heterocycles. The van der Waals surface area contributed by atoms with Crippen molar-refractivity contribution in [1.29, 1.82) is 0 Å². The summed E-state index contributed by atoms with van der Waals surface area (Å²) in [5, 5.41) is 5.52. The molecule has 0 spiro atoms. The lowest BCUT2D eigenvalue weighted by molar-refractivity contribution is 0.103. The Hall–Kier alpha value is -2.08. The van der Waals surface area contributed by atoms with Gasteiger partial charge in [-0.3, -0.25) is 4.79 Å². The van der Waals surface area contributed by atoms with Crippen LogP contribution < -0.4 is 10.1 Å². The van der Waals surface area contributed by atoms with Crippen molar-refractivity contribution in [3.8, 4) is 11.6 Å². The van der Waals surface area contributed by atoms with Crippen LogP contribution in [0.5, 0.6) is 11.6 Å². The Labute approximate surface area is 146 Å². The van der Waals surface area contributed by atoms with E-state index in [0.29, 0.717) is 32.2 Å². The van der Waals surface area contributed by atoms with Gasteiger partial charge in [-0.15, -0.1) is 11.3 Å². The third-order valence-electron chi connectivity index (χ3n) is 2.85. The molecular weight excluding hydrogens is 355 g/mol. The maximum atomic E-state index is 12.0. The molecule has 0 bridgehead atoms. The van der Waals surface area contributed by atoms with Crippen LogP contribution >= 0.6 is 34.5 Å². The number of benzene rings is 1. The molecule has 0 atom stereocenters. The molecule has 2 heterocycles. The summed E-state index contributed by atoms with van der Waals surface area (Å²) in [6, 6.07) is 11.9. The van der Waals surface area contributed by atoms with E-state index in [4.69, 9.17) is 27.9 Å². The number of nitrogens with zero attached hydrogens (tertiary/aromatic N) is 1. The summed E-state index contributed by atoms with van der Waals surface area (Å²) >= 11 is 13.3. The summed E-state index contributed by atoms with van der Waals surface area (Å²) in [4.78, 5) is 16.7. The largest absolute Gasteiger partial charge is 0.437 e. The molecule has 1 N–H and O–H groups in total. The van der Waals surface area contributed by atoms with Gasteiger partial charge >= 0.3 is 0 Å². The number of nitrogens with one attached hydrogen (secondary N) is 1. The highest BCUT2D eigenvalue weighted by molar-refractivity contribution is 7.12. The molecule has 116 valence electrons. The molecule has 0 saturated carbocycles. The van der Waals surface area contributed by atoms with Crippen LogP contribution in [0, 0.1) is 0 Å². The summed E-state index contributed by atoms with van der Waals surface area (Å²) in [6.45, 7) is 0. The van der Waals surface area contributed by atoms with Crippen molar-refractivity contribution < 1.29 is 9.53 Å². The van der Waals surface area contributed by atoms with E-state index >= 15 is 0 Å². The van der Waals surface area contributed by atoms with E-state index in [-0.39, 0.29) is 5.91 Å². The number of rotatable bonds is 4. The fourth-order valence-corrected chi connectivity index (χ4v) is 2.75. The molecule has 0 fully saturated rings. The fraction of sp³-hybridized carbons (Fsp3) is 0. The van der Waals surface area contributed by atoms with Crippen molar-refractivity contribution in [3.05, 3.63) is 69.0 Å². The molecule has 0 aliphatic rings. The molecule has 1 amide bonds. The smallest absolute Gasteiger partial charge is 0.265 e. The molecule has 0 aliphatic heterocycles. The zero-order valence-corrected chi connectivity index (χ0v) is 14.0. The van der Waals surface area contributed by atoms with Crippen LogP contribution in [0.4, 0.5) is 5.69 Å². The Morgan fingerprint density at radius 3 is 2.70 bits per heavy atom. The van der Waals surface area contributed by atoms with Gasteiger partial charge in [0.05, 0.1) is 14.9 Å². The summed E-state index contributed by atoms with van der Waals surface area (Å²) in [5.41, 5.74) is 0.588. The molecule has 4 nitrogen and oxygen atoms in total. The van der Waals surface area contributed by atoms with E-state index in [1.165, 1.54) is 17.5 Å². The second-order valence-electron chi connectivity index (χ2n) is 4.49. The molecule has 23 heavy (non-hydrogen) atoms. The third kappa shape index (κ3) is 4.01. The predicted octanol–water partition coefficient (Wildman–Crippen LogP) is 5.49. The first-order valence-electron chi connectivity index (χ1n) is 6.55. The van der Waals surface area contributed by atoms with Crippen molar-refractivity contribution in [2.75, 3.05) is 5.32 Å². The highest BCUT2D eigenvalue weighted by atomic mass is 35.5. The number of halogens is 2. The van der Waals surface area contributed by atoms with Gasteiger partial charge in [0.25, 0.3) is 5.91 Å². The van der Waals surface area contributed by atoms with Gasteiger partial charge in [0.1, 0.15) is 5.75 Å². The van der Waals surface area contributed by atoms with Crippen LogP contribution in [-0.4, -0.2) is 10.9 Å². The topological polar surface area (TPSA) is 51.2 Å². The second kappa shape index (κ2) is 7.00. The number of thiophene rings is 1. The number of amides is 1. The highest BCUT2D eigenvalue weighted by Crippen LogP contribution is 2.31. The van der Waals surface area contributed by atoms with Crippen LogP contribution in [0.1, 0.15) is 9.67 Å². The van der Waals surface area contributed by atoms with Gasteiger partial charge in [-0.25, -0.2) is 4.98 Å². The normalized spacial score (nSPS) is 10.3. The molecular formula is C16H10Cl2N2O2S. The lowest BCUT2D eigenvalue weighted by atomic mass is 10.3. The van der Waals surface area contributed by atoms with Gasteiger partial charge < -0.3 is 10.1 Å². The van der Waals surface area contributed by atoms with Gasteiger partial charge in [-0.05, 0) is 35.7 Å². The molecule has 1 aromatic carbocycles. The Kier molecular flexibility index (Phi) is 4.81. The summed E-state index contributed by atoms with van der Waals surface area (Å²) in [7, 11) is 0. The minimum absolute atomic E-state index is 0.177. The van der Waals surface area contributed by atoms with E-state index in [1.54, 1.807) is 36.4 Å². The molecule has 0 radical (unpaired) electrons. The van der Waals surface area contributed by atoms with E-state index in [0.717, 1.165) is 0 Å². The lowest BCUT2D eigenvalue weighted by Crippen LogP contribution is -2.09. The monoisotopic (exact) mass is 364 g/mol. The van der Waals surface area contributed by atoms with Gasteiger partial charge in [0, 0.05) is 18.0 Å². The van der Waals surface area contributed by atoms with E-state index in [9.17, 15) is 4.79 Å². The lowest BCUT2D eigenvalue weighted by Gasteiger charge is -2.09. The van der Waals surface area contributed by atoms with E-state index in [2.05, 4.69) is 10.3 Å². The number of ether oxygens (including phenoxy) is 1. The first-order valence-corrected chi connectivity index (χ1v) is 8.19. The summed E-state index contributed by atoms with van der Waals surface area (Å²) < 4.78 is 5.58. The SMILES string of the molecule is O=C(Nc1ccc(Oc2ccc(Cl)cn2)c(Cl)c1)c1cccs1. The molecule has 7 heteroatoms. The highest BCUT2D eigenvalue weighted by Gasteiger charge is 2.10. The number of hydrogen-bond acceptors (Lipinski definition) is 4. The fourth-order valence-electron chi connectivity index (χ4n) is 1.80. The van der Waals surface area contributed by atoms with Crippen LogP contribution in [0.2, 0.25) is 10.0 Å². The van der Waals surface area contributed by atoms with E-state index in [1.807, 2.05) is 11.4 Å².